The first-order valence-corrected chi connectivity index (χ1v) is 5.00. The van der Waals surface area contributed by atoms with Crippen molar-refractivity contribution in [1.82, 2.24) is 4.90 Å². The molecular formula is C10H21NO. The van der Waals surface area contributed by atoms with Gasteiger partial charge in [0.25, 0.3) is 0 Å². The average molecular weight is 171 g/mol. The lowest BCUT2D eigenvalue weighted by atomic mass is 10.0. The molecule has 0 aliphatic carbocycles. The lowest BCUT2D eigenvalue weighted by Gasteiger charge is -2.25. The Morgan fingerprint density at radius 1 is 1.50 bits per heavy atom. The molecule has 2 heteroatoms. The second-order valence-corrected chi connectivity index (χ2v) is 4.36. The van der Waals surface area contributed by atoms with Crippen molar-refractivity contribution in [2.24, 2.45) is 11.8 Å². The van der Waals surface area contributed by atoms with E-state index in [1.165, 1.54) is 19.5 Å². The predicted octanol–water partition coefficient (Wildman–Crippen LogP) is 1.35. The molecule has 2 atom stereocenters. The van der Waals surface area contributed by atoms with Crippen molar-refractivity contribution < 1.29 is 5.11 Å². The van der Waals surface area contributed by atoms with Gasteiger partial charge in [0.1, 0.15) is 0 Å². The van der Waals surface area contributed by atoms with E-state index >= 15 is 0 Å². The number of aliphatic hydroxyl groups is 1. The first kappa shape index (κ1) is 10.0. The highest BCUT2D eigenvalue weighted by atomic mass is 16.3. The molecule has 2 nitrogen and oxygen atoms in total. The van der Waals surface area contributed by atoms with Crippen molar-refractivity contribution >= 4 is 0 Å². The molecule has 72 valence electrons. The van der Waals surface area contributed by atoms with E-state index in [1.807, 2.05) is 0 Å². The number of nitrogens with zero attached hydrogens (tertiary/aromatic N) is 1. The van der Waals surface area contributed by atoms with Gasteiger partial charge < -0.3 is 10.0 Å². The van der Waals surface area contributed by atoms with Gasteiger partial charge in [-0.3, -0.25) is 0 Å². The molecule has 1 rings (SSSR count). The molecule has 1 aliphatic rings. The van der Waals surface area contributed by atoms with Gasteiger partial charge >= 0.3 is 0 Å². The summed E-state index contributed by atoms with van der Waals surface area (Å²) in [5.74, 6) is 1.26. The van der Waals surface area contributed by atoms with Gasteiger partial charge in [0, 0.05) is 19.2 Å². The summed E-state index contributed by atoms with van der Waals surface area (Å²) in [6.45, 7) is 9.44. The highest BCUT2D eigenvalue weighted by molar-refractivity contribution is 4.83. The molecule has 0 spiro atoms. The Hall–Kier alpha value is -0.0800. The molecule has 1 N–H and O–H groups in total. The molecule has 12 heavy (non-hydrogen) atoms. The summed E-state index contributed by atoms with van der Waals surface area (Å²) in [7, 11) is 0. The Morgan fingerprint density at radius 2 is 2.17 bits per heavy atom. The van der Waals surface area contributed by atoms with Crippen LogP contribution in [-0.2, 0) is 0 Å². The van der Waals surface area contributed by atoms with E-state index in [-0.39, 0.29) is 0 Å². The molecular weight excluding hydrogens is 150 g/mol. The molecule has 0 aromatic heterocycles. The largest absolute Gasteiger partial charge is 0.396 e. The molecule has 1 saturated heterocycles. The zero-order valence-electron chi connectivity index (χ0n) is 8.45. The molecule has 1 aliphatic heterocycles. The van der Waals surface area contributed by atoms with E-state index in [4.69, 9.17) is 5.11 Å². The first-order chi connectivity index (χ1) is 5.65. The Balaban J connectivity index is 2.38. The van der Waals surface area contributed by atoms with E-state index in [2.05, 4.69) is 25.7 Å². The Kier molecular flexibility index (Phi) is 3.53. The van der Waals surface area contributed by atoms with E-state index in [1.54, 1.807) is 0 Å². The minimum atomic E-state index is 0.357. The lowest BCUT2D eigenvalue weighted by molar-refractivity contribution is 0.167. The smallest absolute Gasteiger partial charge is 0.0474 e. The van der Waals surface area contributed by atoms with Crippen LogP contribution < -0.4 is 0 Å². The summed E-state index contributed by atoms with van der Waals surface area (Å²) in [6, 6.07) is 0.581. The fourth-order valence-corrected chi connectivity index (χ4v) is 2.05. The summed E-state index contributed by atoms with van der Waals surface area (Å²) in [6.07, 6.45) is 1.17. The number of rotatable bonds is 3. The average Bonchev–Trinajstić information content (AvgIpc) is 2.32. The molecule has 0 amide bonds. The van der Waals surface area contributed by atoms with E-state index in [0.717, 1.165) is 5.92 Å². The summed E-state index contributed by atoms with van der Waals surface area (Å²) >= 11 is 0. The zero-order chi connectivity index (χ0) is 9.14. The van der Waals surface area contributed by atoms with Crippen LogP contribution in [0.15, 0.2) is 0 Å². The number of hydrogen-bond donors (Lipinski definition) is 1. The predicted molar refractivity (Wildman–Crippen MR) is 51.1 cm³/mol. The van der Waals surface area contributed by atoms with Crippen molar-refractivity contribution in [3.63, 3.8) is 0 Å². The molecule has 0 aromatic rings. The molecule has 0 saturated carbocycles. The fraction of sp³-hybridized carbons (Fsp3) is 1.00. The second-order valence-electron chi connectivity index (χ2n) is 4.36. The Bertz CT molecular complexity index is 136. The third-order valence-corrected chi connectivity index (χ3v) is 2.88. The van der Waals surface area contributed by atoms with Gasteiger partial charge in [-0.15, -0.1) is 0 Å². The van der Waals surface area contributed by atoms with Crippen LogP contribution in [0.3, 0.4) is 0 Å². The van der Waals surface area contributed by atoms with Gasteiger partial charge in [-0.1, -0.05) is 13.8 Å². The van der Waals surface area contributed by atoms with Crippen molar-refractivity contribution in [3.05, 3.63) is 0 Å². The van der Waals surface area contributed by atoms with Crippen molar-refractivity contribution in [2.75, 3.05) is 19.7 Å². The molecule has 0 bridgehead atoms. The van der Waals surface area contributed by atoms with Crippen LogP contribution in [0.25, 0.3) is 0 Å². The van der Waals surface area contributed by atoms with Gasteiger partial charge in [0.05, 0.1) is 0 Å². The normalized spacial score (nSPS) is 31.8. The van der Waals surface area contributed by atoms with Crippen molar-refractivity contribution in [1.29, 1.82) is 0 Å². The molecule has 0 aromatic carbocycles. The summed E-state index contributed by atoms with van der Waals surface area (Å²) in [5.41, 5.74) is 0. The minimum absolute atomic E-state index is 0.357. The van der Waals surface area contributed by atoms with Gasteiger partial charge in [-0.05, 0) is 31.7 Å². The van der Waals surface area contributed by atoms with Gasteiger partial charge in [0.2, 0.25) is 0 Å². The maximum absolute atomic E-state index is 9.06. The maximum Gasteiger partial charge on any atom is 0.0474 e. The van der Waals surface area contributed by atoms with Gasteiger partial charge in [0.15, 0.2) is 0 Å². The summed E-state index contributed by atoms with van der Waals surface area (Å²) in [5, 5.41) is 9.06. The van der Waals surface area contributed by atoms with Crippen LogP contribution in [0.4, 0.5) is 0 Å². The van der Waals surface area contributed by atoms with Crippen LogP contribution in [0.1, 0.15) is 27.2 Å². The highest BCUT2D eigenvalue weighted by Crippen LogP contribution is 2.23. The van der Waals surface area contributed by atoms with Crippen LogP contribution >= 0.6 is 0 Å². The molecule has 1 fully saturated rings. The van der Waals surface area contributed by atoms with Gasteiger partial charge in [-0.25, -0.2) is 0 Å². The van der Waals surface area contributed by atoms with Gasteiger partial charge in [-0.2, -0.15) is 0 Å². The fourth-order valence-electron chi connectivity index (χ4n) is 2.05. The van der Waals surface area contributed by atoms with E-state index < -0.39 is 0 Å². The number of likely N-dealkylation sites (tertiary alicyclic amines) is 1. The Morgan fingerprint density at radius 3 is 2.58 bits per heavy atom. The van der Waals surface area contributed by atoms with Crippen LogP contribution in [-0.4, -0.2) is 35.7 Å². The van der Waals surface area contributed by atoms with Crippen LogP contribution in [0.2, 0.25) is 0 Å². The summed E-state index contributed by atoms with van der Waals surface area (Å²) in [4.78, 5) is 2.49. The SMILES string of the molecule is CC(C)CN1CCC(CO)C1C. The maximum atomic E-state index is 9.06. The highest BCUT2D eigenvalue weighted by Gasteiger charge is 2.29. The molecule has 1 heterocycles. The second kappa shape index (κ2) is 4.24. The van der Waals surface area contributed by atoms with Crippen molar-refractivity contribution in [3.8, 4) is 0 Å². The standard InChI is InChI=1S/C10H21NO/c1-8(2)6-11-5-4-10(7-12)9(11)3/h8-10,12H,4-7H2,1-3H3. The zero-order valence-corrected chi connectivity index (χ0v) is 8.45. The Labute approximate surface area is 75.6 Å². The van der Waals surface area contributed by atoms with E-state index in [9.17, 15) is 0 Å². The van der Waals surface area contributed by atoms with Crippen LogP contribution in [0, 0.1) is 11.8 Å². The molecule has 0 radical (unpaired) electrons. The topological polar surface area (TPSA) is 23.5 Å². The van der Waals surface area contributed by atoms with Crippen molar-refractivity contribution in [2.45, 2.75) is 33.2 Å². The minimum Gasteiger partial charge on any atom is -0.396 e. The number of hydrogen-bond acceptors (Lipinski definition) is 2. The lowest BCUT2D eigenvalue weighted by Crippen LogP contribution is -2.33. The van der Waals surface area contributed by atoms with E-state index in [0.29, 0.717) is 18.6 Å². The quantitative estimate of drug-likeness (QED) is 0.693. The number of aliphatic hydroxyl groups excluding tert-OH is 1. The first-order valence-electron chi connectivity index (χ1n) is 5.00. The molecule has 2 unspecified atom stereocenters. The van der Waals surface area contributed by atoms with Crippen LogP contribution in [0.5, 0.6) is 0 Å². The summed E-state index contributed by atoms with van der Waals surface area (Å²) < 4.78 is 0. The monoisotopic (exact) mass is 171 g/mol. The third kappa shape index (κ3) is 2.20. The third-order valence-electron chi connectivity index (χ3n) is 2.88.